The van der Waals surface area contributed by atoms with Crippen molar-refractivity contribution >= 4 is 46.1 Å². The first-order valence-corrected chi connectivity index (χ1v) is 7.24. The Balaban J connectivity index is 2.31. The number of rotatable bonds is 2. The highest BCUT2D eigenvalue weighted by molar-refractivity contribution is 7.20. The molecular weight excluding hydrogens is 336 g/mol. The Labute approximate surface area is 134 Å². The number of halogens is 3. The molecule has 0 aliphatic carbocycles. The molecule has 7 heteroatoms. The van der Waals surface area contributed by atoms with Crippen LogP contribution in [-0.2, 0) is 0 Å². The topological polar surface area (TPSA) is 49.3 Å². The lowest BCUT2D eigenvalue weighted by Crippen LogP contribution is -2.12. The van der Waals surface area contributed by atoms with Gasteiger partial charge in [-0.25, -0.2) is 4.39 Å². The van der Waals surface area contributed by atoms with Gasteiger partial charge in [-0.05, 0) is 24.3 Å². The summed E-state index contributed by atoms with van der Waals surface area (Å²) in [5.74, 6) is 4.01. The Hall–Kier alpha value is -1.58. The van der Waals surface area contributed by atoms with Crippen LogP contribution >= 0.6 is 34.5 Å². The van der Waals surface area contributed by atoms with Crippen molar-refractivity contribution in [1.82, 2.24) is 0 Å². The molecule has 2 aromatic rings. The van der Waals surface area contributed by atoms with Crippen LogP contribution in [0.4, 0.5) is 10.1 Å². The number of amides is 1. The normalized spacial score (nSPS) is 9.90. The van der Waals surface area contributed by atoms with E-state index in [9.17, 15) is 9.18 Å². The van der Waals surface area contributed by atoms with Crippen LogP contribution in [0.3, 0.4) is 0 Å². The van der Waals surface area contributed by atoms with Crippen LogP contribution in [0.25, 0.3) is 0 Å². The Morgan fingerprint density at radius 3 is 2.76 bits per heavy atom. The highest BCUT2D eigenvalue weighted by Crippen LogP contribution is 2.31. The van der Waals surface area contributed by atoms with Gasteiger partial charge in [0, 0.05) is 0 Å². The number of carbonyl (C=O) groups excluding carboxylic acids is 1. The van der Waals surface area contributed by atoms with Gasteiger partial charge in [0.05, 0.1) is 21.2 Å². The highest BCUT2D eigenvalue weighted by atomic mass is 35.5. The van der Waals surface area contributed by atoms with Crippen molar-refractivity contribution in [2.24, 2.45) is 0 Å². The summed E-state index contributed by atoms with van der Waals surface area (Å²) in [5, 5.41) is 11.3. The van der Waals surface area contributed by atoms with Gasteiger partial charge < -0.3 is 10.4 Å². The van der Waals surface area contributed by atoms with Crippen LogP contribution in [0.1, 0.15) is 15.9 Å². The van der Waals surface area contributed by atoms with Gasteiger partial charge in [0.25, 0.3) is 5.91 Å². The molecule has 0 fully saturated rings. The molecule has 21 heavy (non-hydrogen) atoms. The van der Waals surface area contributed by atoms with E-state index in [0.717, 1.165) is 11.3 Å². The molecule has 1 amide bonds. The number of aliphatic hydroxyl groups is 1. The van der Waals surface area contributed by atoms with Crippen molar-refractivity contribution in [3.63, 3.8) is 0 Å². The Kier molecular flexibility index (Phi) is 5.21. The minimum absolute atomic E-state index is 0.233. The number of benzene rings is 1. The van der Waals surface area contributed by atoms with E-state index in [0.29, 0.717) is 10.0 Å². The van der Waals surface area contributed by atoms with E-state index in [4.69, 9.17) is 28.3 Å². The molecule has 0 atom stereocenters. The zero-order valence-electron chi connectivity index (χ0n) is 10.4. The average molecular weight is 344 g/mol. The fraction of sp³-hybridized carbons (Fsp3) is 0.0714. The summed E-state index contributed by atoms with van der Waals surface area (Å²) in [5.41, 5.74) is 0.813. The average Bonchev–Trinajstić information content (AvgIpc) is 2.78. The quantitative estimate of drug-likeness (QED) is 0.815. The molecule has 0 unspecified atom stereocenters. The first-order chi connectivity index (χ1) is 10.0. The zero-order valence-corrected chi connectivity index (χ0v) is 12.7. The lowest BCUT2D eigenvalue weighted by atomic mass is 10.1. The molecule has 1 aromatic carbocycles. The molecule has 108 valence electrons. The summed E-state index contributed by atoms with van der Waals surface area (Å²) in [7, 11) is 0. The number of hydrogen-bond acceptors (Lipinski definition) is 3. The van der Waals surface area contributed by atoms with Crippen molar-refractivity contribution in [3.05, 3.63) is 49.9 Å². The van der Waals surface area contributed by atoms with Gasteiger partial charge in [-0.2, -0.15) is 0 Å². The van der Waals surface area contributed by atoms with E-state index in [1.807, 2.05) is 0 Å². The van der Waals surface area contributed by atoms with E-state index in [1.54, 1.807) is 0 Å². The van der Waals surface area contributed by atoms with Gasteiger partial charge in [0.15, 0.2) is 0 Å². The maximum Gasteiger partial charge on any atom is 0.258 e. The van der Waals surface area contributed by atoms with Crippen LogP contribution in [0, 0.1) is 17.7 Å². The molecule has 0 saturated heterocycles. The van der Waals surface area contributed by atoms with E-state index in [2.05, 4.69) is 17.2 Å². The largest absolute Gasteiger partial charge is 0.384 e. The SMILES string of the molecule is O=C(Nc1ccc(F)cc1C#CCO)c1cc(Cl)sc1Cl. The summed E-state index contributed by atoms with van der Waals surface area (Å²) in [6.45, 7) is -0.365. The number of anilines is 1. The van der Waals surface area contributed by atoms with Gasteiger partial charge >= 0.3 is 0 Å². The van der Waals surface area contributed by atoms with Gasteiger partial charge in [0.1, 0.15) is 16.8 Å². The minimum atomic E-state index is -0.494. The molecule has 2 N–H and O–H groups in total. The van der Waals surface area contributed by atoms with Crippen LogP contribution < -0.4 is 5.32 Å². The first-order valence-electron chi connectivity index (χ1n) is 5.66. The minimum Gasteiger partial charge on any atom is -0.384 e. The molecule has 0 aliphatic heterocycles. The molecule has 0 aliphatic rings. The third-order valence-electron chi connectivity index (χ3n) is 2.43. The van der Waals surface area contributed by atoms with Gasteiger partial charge in [-0.1, -0.05) is 35.0 Å². The van der Waals surface area contributed by atoms with Crippen LogP contribution in [0.5, 0.6) is 0 Å². The first kappa shape index (κ1) is 15.8. The van der Waals surface area contributed by atoms with Gasteiger partial charge in [0.2, 0.25) is 0 Å². The standard InChI is InChI=1S/C14H8Cl2FNO2S/c15-12-7-10(13(16)21-12)14(20)18-11-4-3-9(17)6-8(11)2-1-5-19/h3-4,6-7,19H,5H2,(H,18,20). The van der Waals surface area contributed by atoms with E-state index in [1.165, 1.54) is 24.3 Å². The summed E-state index contributed by atoms with van der Waals surface area (Å²) < 4.78 is 13.9. The number of nitrogens with one attached hydrogen (secondary N) is 1. The summed E-state index contributed by atoms with van der Waals surface area (Å²) in [6.07, 6.45) is 0. The molecule has 1 aromatic heterocycles. The number of hydrogen-bond donors (Lipinski definition) is 2. The summed E-state index contributed by atoms with van der Waals surface area (Å²) in [6, 6.07) is 5.20. The van der Waals surface area contributed by atoms with E-state index >= 15 is 0 Å². The number of aliphatic hydroxyl groups excluding tert-OH is 1. The monoisotopic (exact) mass is 343 g/mol. The van der Waals surface area contributed by atoms with Crippen molar-refractivity contribution < 1.29 is 14.3 Å². The molecule has 0 saturated carbocycles. The van der Waals surface area contributed by atoms with Crippen LogP contribution in [0.2, 0.25) is 8.67 Å². The van der Waals surface area contributed by atoms with Gasteiger partial charge in [-0.3, -0.25) is 4.79 Å². The van der Waals surface area contributed by atoms with Crippen LogP contribution in [-0.4, -0.2) is 17.6 Å². The van der Waals surface area contributed by atoms with Gasteiger partial charge in [-0.15, -0.1) is 11.3 Å². The lowest BCUT2D eigenvalue weighted by Gasteiger charge is -2.07. The maximum atomic E-state index is 13.2. The molecule has 0 radical (unpaired) electrons. The Bertz CT molecular complexity index is 749. The summed E-state index contributed by atoms with van der Waals surface area (Å²) in [4.78, 5) is 12.1. The second-order valence-electron chi connectivity index (χ2n) is 3.84. The second-order valence-corrected chi connectivity index (χ2v) is 6.13. The number of thiophene rings is 1. The maximum absolute atomic E-state index is 13.2. The third kappa shape index (κ3) is 3.96. The fourth-order valence-corrected chi connectivity index (χ4v) is 3.01. The summed E-state index contributed by atoms with van der Waals surface area (Å²) >= 11 is 12.8. The third-order valence-corrected chi connectivity index (χ3v) is 3.92. The molecule has 0 bridgehead atoms. The molecular formula is C14H8Cl2FNO2S. The van der Waals surface area contributed by atoms with E-state index in [-0.39, 0.29) is 22.1 Å². The molecule has 1 heterocycles. The van der Waals surface area contributed by atoms with Crippen molar-refractivity contribution in [2.45, 2.75) is 0 Å². The number of carbonyl (C=O) groups is 1. The smallest absolute Gasteiger partial charge is 0.258 e. The molecule has 3 nitrogen and oxygen atoms in total. The predicted octanol–water partition coefficient (Wildman–Crippen LogP) is 3.79. The van der Waals surface area contributed by atoms with Crippen molar-refractivity contribution in [1.29, 1.82) is 0 Å². The lowest BCUT2D eigenvalue weighted by molar-refractivity contribution is 0.102. The predicted molar refractivity (Wildman–Crippen MR) is 82.7 cm³/mol. The Morgan fingerprint density at radius 2 is 2.14 bits per heavy atom. The van der Waals surface area contributed by atoms with Crippen molar-refractivity contribution in [3.8, 4) is 11.8 Å². The van der Waals surface area contributed by atoms with Crippen LogP contribution in [0.15, 0.2) is 24.3 Å². The van der Waals surface area contributed by atoms with E-state index < -0.39 is 11.7 Å². The highest BCUT2D eigenvalue weighted by Gasteiger charge is 2.15. The fourth-order valence-electron chi connectivity index (χ4n) is 1.55. The molecule has 2 rings (SSSR count). The molecule has 0 spiro atoms. The second kappa shape index (κ2) is 6.92. The zero-order chi connectivity index (χ0) is 15.4. The van der Waals surface area contributed by atoms with Crippen molar-refractivity contribution in [2.75, 3.05) is 11.9 Å². The Morgan fingerprint density at radius 1 is 1.38 bits per heavy atom.